The molecule has 0 aliphatic heterocycles. The molecule has 0 aromatic rings. The third-order valence-electron chi connectivity index (χ3n) is 12.4. The number of hydrogen-bond acceptors (Lipinski definition) is 5. The average Bonchev–Trinajstić information content (AvgIpc) is 3.48. The minimum Gasteiger partial charge on any atom is -0.460 e. The summed E-state index contributed by atoms with van der Waals surface area (Å²) >= 11 is 3.60. The number of fused-ring (bicyclic) bond motifs is 2. The van der Waals surface area contributed by atoms with E-state index in [2.05, 4.69) is 48.6 Å². The van der Waals surface area contributed by atoms with Crippen LogP contribution in [0.5, 0.6) is 0 Å². The van der Waals surface area contributed by atoms with E-state index in [-0.39, 0.29) is 23.0 Å². The Bertz CT molecular complexity index is 1100. The maximum absolute atomic E-state index is 12.2. The van der Waals surface area contributed by atoms with Gasteiger partial charge in [-0.15, -0.1) is 0 Å². The molecule has 47 heavy (non-hydrogen) atoms. The summed E-state index contributed by atoms with van der Waals surface area (Å²) in [5.41, 5.74) is 1.54. The van der Waals surface area contributed by atoms with Crippen molar-refractivity contribution in [2.75, 3.05) is 0 Å². The van der Waals surface area contributed by atoms with Crippen LogP contribution in [-0.2, 0) is 23.9 Å². The predicted octanol–water partition coefficient (Wildman–Crippen LogP) is 11.5. The third-order valence-corrected chi connectivity index (χ3v) is 13.0. The molecule has 5 nitrogen and oxygen atoms in total. The lowest BCUT2D eigenvalue weighted by Gasteiger charge is -2.44. The molecular formula is C41H69BrO5. The first kappa shape index (κ1) is 40.3. The fourth-order valence-electron chi connectivity index (χ4n) is 10.4. The molecule has 270 valence electrons. The number of carbonyl (C=O) groups excluding carboxylic acids is 3. The van der Waals surface area contributed by atoms with Gasteiger partial charge in [0, 0.05) is 25.2 Å². The van der Waals surface area contributed by atoms with Crippen LogP contribution >= 0.6 is 15.9 Å². The van der Waals surface area contributed by atoms with E-state index in [4.69, 9.17) is 9.47 Å². The fourth-order valence-corrected chi connectivity index (χ4v) is 10.9. The van der Waals surface area contributed by atoms with Crippen molar-refractivity contribution >= 4 is 33.7 Å². The van der Waals surface area contributed by atoms with Gasteiger partial charge in [-0.25, -0.2) is 0 Å². The number of allylic oxidation sites excluding steroid dienone is 1. The molecular weight excluding hydrogens is 652 g/mol. The molecule has 4 saturated carbocycles. The zero-order valence-corrected chi connectivity index (χ0v) is 33.4. The standard InChI is InChI=1S/C21H35BrO2.C20H34O3/c1-15(8-6-10-19(23)24-20(2,3)4)17-11-12-18-16(14-22)9-7-13-21(17,18)5;1-14(8-6-10-18(22)23-19(2,3)4)15-11-12-16-17(21)9-7-13-20(15,16)5/h14-15,17-18H,6-13H2,1-5H3;14-16H,6-13H2,1-5H3/b16-14+;/t15-,17-,18+,21-;14-,15-,16+,20-/m11/s1. The van der Waals surface area contributed by atoms with Crippen molar-refractivity contribution in [3.8, 4) is 0 Å². The van der Waals surface area contributed by atoms with Gasteiger partial charge in [0.05, 0.1) is 0 Å². The number of rotatable bonds is 10. The summed E-state index contributed by atoms with van der Waals surface area (Å²) < 4.78 is 10.8. The largest absolute Gasteiger partial charge is 0.460 e. The SMILES string of the molecule is C[C@H](CCCC(=O)OC(C)(C)C)[C@H]1CC[C@H]2/C(=C/Br)CCC[C@]12C.C[C@H](CCCC(=O)OC(C)(C)C)[C@H]1CC[C@H]2C(=O)CCC[C@]12C. The minimum absolute atomic E-state index is 0.0487. The van der Waals surface area contributed by atoms with E-state index in [1.807, 2.05) is 41.5 Å². The molecule has 0 heterocycles. The van der Waals surface area contributed by atoms with Crippen LogP contribution in [0.15, 0.2) is 10.6 Å². The van der Waals surface area contributed by atoms with Gasteiger partial charge in [0.1, 0.15) is 17.0 Å². The van der Waals surface area contributed by atoms with Gasteiger partial charge in [-0.2, -0.15) is 0 Å². The first-order valence-corrected chi connectivity index (χ1v) is 20.0. The Morgan fingerprint density at radius 2 is 1.19 bits per heavy atom. The Morgan fingerprint density at radius 3 is 1.64 bits per heavy atom. The highest BCUT2D eigenvalue weighted by molar-refractivity contribution is 9.11. The second-order valence-corrected chi connectivity index (χ2v) is 18.7. The topological polar surface area (TPSA) is 69.7 Å². The van der Waals surface area contributed by atoms with Gasteiger partial charge in [0.15, 0.2) is 0 Å². The summed E-state index contributed by atoms with van der Waals surface area (Å²) in [4.78, 5) is 38.2. The second kappa shape index (κ2) is 16.7. The molecule has 0 aromatic carbocycles. The first-order chi connectivity index (χ1) is 21.8. The van der Waals surface area contributed by atoms with Crippen LogP contribution in [0.2, 0.25) is 0 Å². The Morgan fingerprint density at radius 1 is 0.766 bits per heavy atom. The van der Waals surface area contributed by atoms with Crippen LogP contribution in [0, 0.1) is 46.3 Å². The number of Topliss-reactive ketones (excluding diaryl/α,β-unsaturated/α-hetero) is 1. The number of halogens is 1. The van der Waals surface area contributed by atoms with Crippen LogP contribution < -0.4 is 0 Å². The zero-order valence-electron chi connectivity index (χ0n) is 31.8. The molecule has 0 aromatic heterocycles. The number of hydrogen-bond donors (Lipinski definition) is 0. The maximum Gasteiger partial charge on any atom is 0.306 e. The Balaban J connectivity index is 0.000000256. The molecule has 0 bridgehead atoms. The van der Waals surface area contributed by atoms with Gasteiger partial charge in [0.25, 0.3) is 0 Å². The van der Waals surface area contributed by atoms with Crippen LogP contribution in [0.25, 0.3) is 0 Å². The summed E-state index contributed by atoms with van der Waals surface area (Å²) in [6.07, 6.45) is 17.1. The van der Waals surface area contributed by atoms with Gasteiger partial charge in [-0.3, -0.25) is 14.4 Å². The highest BCUT2D eigenvalue weighted by atomic mass is 79.9. The first-order valence-electron chi connectivity index (χ1n) is 19.1. The fraction of sp³-hybridized carbons (Fsp3) is 0.878. The smallest absolute Gasteiger partial charge is 0.306 e. The molecule has 0 radical (unpaired) electrons. The zero-order chi connectivity index (χ0) is 35.2. The van der Waals surface area contributed by atoms with E-state index in [1.165, 1.54) is 44.9 Å². The highest BCUT2D eigenvalue weighted by Crippen LogP contribution is 2.60. The number of carbonyl (C=O) groups is 3. The van der Waals surface area contributed by atoms with Crippen LogP contribution in [0.1, 0.15) is 172 Å². The molecule has 0 N–H and O–H groups in total. The van der Waals surface area contributed by atoms with Crippen molar-refractivity contribution in [2.45, 2.75) is 183 Å². The van der Waals surface area contributed by atoms with Crippen LogP contribution in [-0.4, -0.2) is 28.9 Å². The molecule has 0 saturated heterocycles. The van der Waals surface area contributed by atoms with E-state index in [1.54, 1.807) is 5.57 Å². The molecule has 0 amide bonds. The number of ketones is 1. The predicted molar refractivity (Wildman–Crippen MR) is 196 cm³/mol. The monoisotopic (exact) mass is 720 g/mol. The average molecular weight is 722 g/mol. The van der Waals surface area contributed by atoms with Crippen molar-refractivity contribution in [2.24, 2.45) is 46.3 Å². The quantitative estimate of drug-likeness (QED) is 0.210. The Kier molecular flexibility index (Phi) is 14.3. The van der Waals surface area contributed by atoms with Crippen molar-refractivity contribution in [3.63, 3.8) is 0 Å². The normalized spacial score (nSPS) is 32.9. The van der Waals surface area contributed by atoms with Crippen LogP contribution in [0.3, 0.4) is 0 Å². The van der Waals surface area contributed by atoms with Gasteiger partial charge < -0.3 is 9.47 Å². The van der Waals surface area contributed by atoms with Crippen molar-refractivity contribution in [1.29, 1.82) is 0 Å². The highest BCUT2D eigenvalue weighted by Gasteiger charge is 2.52. The van der Waals surface area contributed by atoms with E-state index in [0.717, 1.165) is 56.8 Å². The lowest BCUT2D eigenvalue weighted by molar-refractivity contribution is -0.156. The maximum atomic E-state index is 12.2. The number of esters is 2. The number of ether oxygens (including phenoxy) is 2. The van der Waals surface area contributed by atoms with Crippen molar-refractivity contribution in [3.05, 3.63) is 10.6 Å². The van der Waals surface area contributed by atoms with E-state index in [0.29, 0.717) is 47.7 Å². The molecule has 8 atom stereocenters. The van der Waals surface area contributed by atoms with Crippen molar-refractivity contribution < 1.29 is 23.9 Å². The second-order valence-electron chi connectivity index (χ2n) is 18.3. The van der Waals surface area contributed by atoms with Gasteiger partial charge >= 0.3 is 11.9 Å². The van der Waals surface area contributed by atoms with Gasteiger partial charge in [-0.05, 0) is 170 Å². The van der Waals surface area contributed by atoms with Crippen molar-refractivity contribution in [1.82, 2.24) is 0 Å². The molecule has 4 aliphatic carbocycles. The Hall–Kier alpha value is -1.17. The summed E-state index contributed by atoms with van der Waals surface area (Å²) in [5.74, 6) is 4.14. The molecule has 4 aliphatic rings. The summed E-state index contributed by atoms with van der Waals surface area (Å²) in [5, 5.41) is 0. The Labute approximate surface area is 296 Å². The third kappa shape index (κ3) is 10.9. The summed E-state index contributed by atoms with van der Waals surface area (Å²) in [6.45, 7) is 21.1. The van der Waals surface area contributed by atoms with Crippen LogP contribution in [0.4, 0.5) is 0 Å². The summed E-state index contributed by atoms with van der Waals surface area (Å²) in [7, 11) is 0. The van der Waals surface area contributed by atoms with E-state index in [9.17, 15) is 14.4 Å². The summed E-state index contributed by atoms with van der Waals surface area (Å²) in [6, 6.07) is 0. The minimum atomic E-state index is -0.392. The van der Waals surface area contributed by atoms with Gasteiger partial charge in [-0.1, -0.05) is 49.2 Å². The molecule has 0 spiro atoms. The molecule has 6 heteroatoms. The molecule has 4 fully saturated rings. The van der Waals surface area contributed by atoms with E-state index >= 15 is 0 Å². The van der Waals surface area contributed by atoms with Gasteiger partial charge in [0.2, 0.25) is 0 Å². The lowest BCUT2D eigenvalue weighted by Crippen LogP contribution is -2.39. The van der Waals surface area contributed by atoms with E-state index < -0.39 is 5.60 Å². The molecule has 0 unspecified atom stereocenters. The lowest BCUT2D eigenvalue weighted by atomic mass is 9.61. The molecule has 4 rings (SSSR count).